The van der Waals surface area contributed by atoms with Crippen LogP contribution in [-0.2, 0) is 16.0 Å². The molecule has 1 heterocycles. The van der Waals surface area contributed by atoms with Crippen molar-refractivity contribution in [3.63, 3.8) is 0 Å². The molecule has 0 spiro atoms. The minimum atomic E-state index is -0.993. The van der Waals surface area contributed by atoms with Crippen LogP contribution in [0.2, 0.25) is 0 Å². The first-order valence-electron chi connectivity index (χ1n) is 7.29. The van der Waals surface area contributed by atoms with Crippen molar-refractivity contribution in [3.05, 3.63) is 29.8 Å². The zero-order chi connectivity index (χ0) is 15.6. The van der Waals surface area contributed by atoms with Gasteiger partial charge in [-0.3, -0.25) is 4.79 Å². The summed E-state index contributed by atoms with van der Waals surface area (Å²) >= 11 is 0. The molecule has 1 amide bonds. The number of amides is 1. The maximum atomic E-state index is 12.3. The van der Waals surface area contributed by atoms with E-state index >= 15 is 0 Å². The van der Waals surface area contributed by atoms with Gasteiger partial charge in [0.1, 0.15) is 12.1 Å². The number of aliphatic carboxylic acids is 1. The lowest BCUT2D eigenvalue weighted by molar-refractivity contribution is -0.143. The van der Waals surface area contributed by atoms with E-state index < -0.39 is 12.0 Å². The van der Waals surface area contributed by atoms with Gasteiger partial charge in [0.2, 0.25) is 5.91 Å². The van der Waals surface area contributed by atoms with Crippen molar-refractivity contribution in [1.82, 2.24) is 5.32 Å². The van der Waals surface area contributed by atoms with Crippen molar-refractivity contribution in [1.29, 1.82) is 0 Å². The predicted molar refractivity (Wildman–Crippen MR) is 81.4 cm³/mol. The van der Waals surface area contributed by atoms with Gasteiger partial charge >= 0.3 is 5.97 Å². The van der Waals surface area contributed by atoms with Gasteiger partial charge in [-0.2, -0.15) is 0 Å². The van der Waals surface area contributed by atoms with Gasteiger partial charge in [0, 0.05) is 12.2 Å². The second kappa shape index (κ2) is 6.16. The molecule has 1 aliphatic rings. The van der Waals surface area contributed by atoms with Crippen LogP contribution in [-0.4, -0.2) is 35.6 Å². The molecular weight excluding hydrogens is 268 g/mol. The molecule has 21 heavy (non-hydrogen) atoms. The third kappa shape index (κ3) is 3.17. The van der Waals surface area contributed by atoms with Gasteiger partial charge in [-0.25, -0.2) is 4.79 Å². The first kappa shape index (κ1) is 15.4. The molecule has 0 saturated heterocycles. The van der Waals surface area contributed by atoms with Crippen LogP contribution < -0.4 is 10.2 Å². The number of fused-ring (bicyclic) bond motifs is 1. The van der Waals surface area contributed by atoms with E-state index in [9.17, 15) is 9.59 Å². The highest BCUT2D eigenvalue weighted by Crippen LogP contribution is 2.29. The largest absolute Gasteiger partial charge is 0.480 e. The highest BCUT2D eigenvalue weighted by Gasteiger charge is 2.31. The van der Waals surface area contributed by atoms with E-state index in [4.69, 9.17) is 5.11 Å². The Morgan fingerprint density at radius 1 is 1.24 bits per heavy atom. The minimum Gasteiger partial charge on any atom is -0.480 e. The summed E-state index contributed by atoms with van der Waals surface area (Å²) in [5, 5.41) is 11.8. The third-order valence-electron chi connectivity index (χ3n) is 4.00. The number of rotatable bonds is 5. The molecule has 5 nitrogen and oxygen atoms in total. The molecule has 2 rings (SSSR count). The van der Waals surface area contributed by atoms with E-state index in [0.717, 1.165) is 18.7 Å². The van der Waals surface area contributed by atoms with E-state index in [1.54, 1.807) is 13.8 Å². The zero-order valence-electron chi connectivity index (χ0n) is 12.7. The minimum absolute atomic E-state index is 0.149. The molecule has 2 N–H and O–H groups in total. The van der Waals surface area contributed by atoms with E-state index in [0.29, 0.717) is 0 Å². The summed E-state index contributed by atoms with van der Waals surface area (Å²) in [6, 6.07) is 6.78. The zero-order valence-corrected chi connectivity index (χ0v) is 12.7. The van der Waals surface area contributed by atoms with E-state index in [2.05, 4.69) is 11.4 Å². The van der Waals surface area contributed by atoms with Gasteiger partial charge in [-0.15, -0.1) is 0 Å². The standard InChI is InChI=1S/C16H22N2O3/c1-10(2)14(16(20)21)17-15(19)11(3)18-9-8-12-6-4-5-7-13(12)18/h4-7,10-11,14H,8-9H2,1-3H3,(H,17,19)(H,20,21). The Labute approximate surface area is 125 Å². The van der Waals surface area contributed by atoms with E-state index in [1.807, 2.05) is 30.0 Å². The molecule has 0 saturated carbocycles. The predicted octanol–water partition coefficient (Wildman–Crippen LogP) is 1.66. The van der Waals surface area contributed by atoms with Crippen LogP contribution >= 0.6 is 0 Å². The SMILES string of the molecule is CC(C)C(NC(=O)C(C)N1CCc2ccccc21)C(=O)O. The summed E-state index contributed by atoms with van der Waals surface area (Å²) in [6.45, 7) is 6.17. The number of anilines is 1. The monoisotopic (exact) mass is 290 g/mol. The Balaban J connectivity index is 2.09. The molecule has 114 valence electrons. The summed E-state index contributed by atoms with van der Waals surface area (Å²) in [5.41, 5.74) is 2.30. The third-order valence-corrected chi connectivity index (χ3v) is 4.00. The lowest BCUT2D eigenvalue weighted by atomic mass is 10.0. The second-order valence-corrected chi connectivity index (χ2v) is 5.82. The summed E-state index contributed by atoms with van der Waals surface area (Å²) in [6.07, 6.45) is 0.917. The smallest absolute Gasteiger partial charge is 0.326 e. The van der Waals surface area contributed by atoms with Crippen LogP contribution in [0.1, 0.15) is 26.3 Å². The Kier molecular flexibility index (Phi) is 4.50. The first-order chi connectivity index (χ1) is 9.91. The van der Waals surface area contributed by atoms with Gasteiger partial charge in [0.15, 0.2) is 0 Å². The average Bonchev–Trinajstić information content (AvgIpc) is 2.86. The fourth-order valence-electron chi connectivity index (χ4n) is 2.70. The number of carboxylic acid groups (broad SMARTS) is 1. The fraction of sp³-hybridized carbons (Fsp3) is 0.500. The molecule has 2 unspecified atom stereocenters. The number of carbonyl (C=O) groups excluding carboxylic acids is 1. The summed E-state index contributed by atoms with van der Waals surface area (Å²) in [4.78, 5) is 25.6. The summed E-state index contributed by atoms with van der Waals surface area (Å²) < 4.78 is 0. The maximum absolute atomic E-state index is 12.3. The van der Waals surface area contributed by atoms with Gasteiger partial charge in [-0.05, 0) is 30.9 Å². The quantitative estimate of drug-likeness (QED) is 0.865. The Hall–Kier alpha value is -2.04. The van der Waals surface area contributed by atoms with Crippen molar-refractivity contribution in [2.75, 3.05) is 11.4 Å². The number of nitrogens with one attached hydrogen (secondary N) is 1. The van der Waals surface area contributed by atoms with Gasteiger partial charge < -0.3 is 15.3 Å². The topological polar surface area (TPSA) is 69.6 Å². The van der Waals surface area contributed by atoms with E-state index in [1.165, 1.54) is 5.56 Å². The molecule has 1 aliphatic heterocycles. The number of carbonyl (C=O) groups is 2. The van der Waals surface area contributed by atoms with Crippen LogP contribution in [0.25, 0.3) is 0 Å². The highest BCUT2D eigenvalue weighted by atomic mass is 16.4. The molecule has 5 heteroatoms. The second-order valence-electron chi connectivity index (χ2n) is 5.82. The van der Waals surface area contributed by atoms with Crippen LogP contribution in [0.15, 0.2) is 24.3 Å². The van der Waals surface area contributed by atoms with Crippen LogP contribution in [0, 0.1) is 5.92 Å². The maximum Gasteiger partial charge on any atom is 0.326 e. The number of hydrogen-bond donors (Lipinski definition) is 2. The van der Waals surface area contributed by atoms with Crippen molar-refractivity contribution < 1.29 is 14.7 Å². The van der Waals surface area contributed by atoms with Gasteiger partial charge in [-0.1, -0.05) is 32.0 Å². The fourth-order valence-corrected chi connectivity index (χ4v) is 2.70. The number of benzene rings is 1. The molecular formula is C16H22N2O3. The molecule has 0 fully saturated rings. The summed E-state index contributed by atoms with van der Waals surface area (Å²) in [7, 11) is 0. The van der Waals surface area contributed by atoms with Crippen molar-refractivity contribution >= 4 is 17.6 Å². The van der Waals surface area contributed by atoms with Crippen LogP contribution in [0.5, 0.6) is 0 Å². The van der Waals surface area contributed by atoms with Crippen molar-refractivity contribution in [3.8, 4) is 0 Å². The van der Waals surface area contributed by atoms with Crippen molar-refractivity contribution in [2.24, 2.45) is 5.92 Å². The van der Waals surface area contributed by atoms with Crippen LogP contribution in [0.3, 0.4) is 0 Å². The number of hydrogen-bond acceptors (Lipinski definition) is 3. The first-order valence-corrected chi connectivity index (χ1v) is 7.29. The molecule has 2 atom stereocenters. The van der Waals surface area contributed by atoms with Gasteiger partial charge in [0.05, 0.1) is 0 Å². The Morgan fingerprint density at radius 3 is 2.52 bits per heavy atom. The summed E-state index contributed by atoms with van der Waals surface area (Å²) in [5.74, 6) is -1.38. The normalized spacial score (nSPS) is 16.5. The van der Waals surface area contributed by atoms with Crippen LogP contribution in [0.4, 0.5) is 5.69 Å². The Bertz CT molecular complexity index is 542. The van der Waals surface area contributed by atoms with Crippen molar-refractivity contribution in [2.45, 2.75) is 39.3 Å². The Morgan fingerprint density at radius 2 is 1.90 bits per heavy atom. The number of para-hydroxylation sites is 1. The lowest BCUT2D eigenvalue weighted by Crippen LogP contribution is -2.52. The average molecular weight is 290 g/mol. The lowest BCUT2D eigenvalue weighted by Gasteiger charge is -2.28. The number of carboxylic acids is 1. The molecule has 1 aromatic carbocycles. The molecule has 0 aliphatic carbocycles. The number of nitrogens with zero attached hydrogens (tertiary/aromatic N) is 1. The molecule has 1 aromatic rings. The van der Waals surface area contributed by atoms with E-state index in [-0.39, 0.29) is 17.9 Å². The molecule has 0 aromatic heterocycles. The molecule has 0 bridgehead atoms. The van der Waals surface area contributed by atoms with Gasteiger partial charge in [0.25, 0.3) is 0 Å². The molecule has 0 radical (unpaired) electrons. The highest BCUT2D eigenvalue weighted by molar-refractivity contribution is 5.89.